The lowest BCUT2D eigenvalue weighted by molar-refractivity contribution is 0.230. The summed E-state index contributed by atoms with van der Waals surface area (Å²) in [6, 6.07) is 7.05. The second-order valence-electron chi connectivity index (χ2n) is 3.64. The van der Waals surface area contributed by atoms with Crippen LogP contribution in [-0.2, 0) is 0 Å². The number of hydrogen-bond acceptors (Lipinski definition) is 2. The van der Waals surface area contributed by atoms with Crippen LogP contribution in [0.4, 0.5) is 4.79 Å². The summed E-state index contributed by atoms with van der Waals surface area (Å²) in [7, 11) is 0. The lowest BCUT2D eigenvalue weighted by Gasteiger charge is -2.18. The Labute approximate surface area is 106 Å². The molecule has 0 saturated carbocycles. The number of aliphatic hydroxyl groups excluding tert-OH is 1. The van der Waals surface area contributed by atoms with Gasteiger partial charge in [-0.15, -0.1) is 0 Å². The molecule has 2 amide bonds. The van der Waals surface area contributed by atoms with Gasteiger partial charge in [-0.1, -0.05) is 30.7 Å². The molecule has 1 rings (SSSR count). The van der Waals surface area contributed by atoms with Gasteiger partial charge in [0.15, 0.2) is 0 Å². The average Bonchev–Trinajstić information content (AvgIpc) is 2.33. The molecule has 0 aromatic heterocycles. The smallest absolute Gasteiger partial charge is 0.315 e. The minimum atomic E-state index is -0.286. The molecule has 5 heteroatoms. The van der Waals surface area contributed by atoms with Gasteiger partial charge in [-0.25, -0.2) is 4.79 Å². The fraction of sp³-hybridized carbons (Fsp3) is 0.417. The number of nitrogens with one attached hydrogen (secondary N) is 2. The first-order valence-electron chi connectivity index (χ1n) is 5.58. The molecular weight excluding hydrogens is 240 g/mol. The van der Waals surface area contributed by atoms with E-state index in [0.717, 1.165) is 12.0 Å². The summed E-state index contributed by atoms with van der Waals surface area (Å²) in [5, 5.41) is 14.6. The van der Waals surface area contributed by atoms with Crippen LogP contribution >= 0.6 is 11.6 Å². The molecular formula is C12H17ClN2O2. The zero-order valence-electron chi connectivity index (χ0n) is 9.74. The van der Waals surface area contributed by atoms with E-state index in [4.69, 9.17) is 16.7 Å². The molecule has 1 atom stereocenters. The maximum atomic E-state index is 11.5. The summed E-state index contributed by atoms with van der Waals surface area (Å²) in [5.41, 5.74) is 0.971. The van der Waals surface area contributed by atoms with Crippen molar-refractivity contribution in [1.29, 1.82) is 0 Å². The maximum absolute atomic E-state index is 11.5. The van der Waals surface area contributed by atoms with Crippen LogP contribution in [-0.4, -0.2) is 24.3 Å². The van der Waals surface area contributed by atoms with E-state index < -0.39 is 0 Å². The first-order valence-corrected chi connectivity index (χ1v) is 5.95. The number of hydrogen-bond donors (Lipinski definition) is 3. The van der Waals surface area contributed by atoms with E-state index in [2.05, 4.69) is 10.6 Å². The normalized spacial score (nSPS) is 11.9. The minimum absolute atomic E-state index is 0.0681. The van der Waals surface area contributed by atoms with Crippen molar-refractivity contribution < 1.29 is 9.90 Å². The highest BCUT2D eigenvalue weighted by atomic mass is 35.5. The van der Waals surface area contributed by atoms with Crippen LogP contribution in [0.3, 0.4) is 0 Å². The van der Waals surface area contributed by atoms with E-state index in [9.17, 15) is 4.79 Å². The maximum Gasteiger partial charge on any atom is 0.315 e. The van der Waals surface area contributed by atoms with Gasteiger partial charge in [0, 0.05) is 11.6 Å². The molecule has 0 aliphatic rings. The Bertz CT molecular complexity index is 371. The van der Waals surface area contributed by atoms with Crippen LogP contribution < -0.4 is 10.6 Å². The molecule has 4 nitrogen and oxygen atoms in total. The number of aliphatic hydroxyl groups is 1. The van der Waals surface area contributed by atoms with Gasteiger partial charge in [-0.3, -0.25) is 0 Å². The molecule has 0 radical (unpaired) electrons. The van der Waals surface area contributed by atoms with Gasteiger partial charge in [0.2, 0.25) is 0 Å². The van der Waals surface area contributed by atoms with E-state index in [1.807, 2.05) is 25.1 Å². The molecule has 94 valence electrons. The molecule has 1 aromatic carbocycles. The number of rotatable bonds is 5. The number of carbonyl (C=O) groups excluding carboxylic acids is 1. The molecule has 17 heavy (non-hydrogen) atoms. The van der Waals surface area contributed by atoms with Gasteiger partial charge in [0.25, 0.3) is 0 Å². The molecule has 0 saturated heterocycles. The molecule has 3 N–H and O–H groups in total. The van der Waals surface area contributed by atoms with Gasteiger partial charge in [-0.2, -0.15) is 0 Å². The zero-order valence-corrected chi connectivity index (χ0v) is 10.5. The van der Waals surface area contributed by atoms with Crippen molar-refractivity contribution >= 4 is 17.6 Å². The molecule has 0 spiro atoms. The average molecular weight is 257 g/mol. The molecule has 0 aliphatic carbocycles. The fourth-order valence-electron chi connectivity index (χ4n) is 1.52. The minimum Gasteiger partial charge on any atom is -0.395 e. The van der Waals surface area contributed by atoms with Crippen LogP contribution in [0.5, 0.6) is 0 Å². The first kappa shape index (κ1) is 13.8. The number of amides is 2. The standard InChI is InChI=1S/C12H17ClN2O2/c1-2-11(15-12(17)14-6-7-16)9-4-3-5-10(13)8-9/h3-5,8,11,16H,2,6-7H2,1H3,(H2,14,15,17). The van der Waals surface area contributed by atoms with E-state index in [-0.39, 0.29) is 25.2 Å². The van der Waals surface area contributed by atoms with E-state index in [0.29, 0.717) is 5.02 Å². The Morgan fingerprint density at radius 3 is 2.88 bits per heavy atom. The molecule has 0 aliphatic heterocycles. The van der Waals surface area contributed by atoms with Crippen LogP contribution in [0, 0.1) is 0 Å². The molecule has 1 aromatic rings. The predicted molar refractivity (Wildman–Crippen MR) is 68.1 cm³/mol. The quantitative estimate of drug-likeness (QED) is 0.755. The first-order chi connectivity index (χ1) is 8.17. The van der Waals surface area contributed by atoms with Crippen LogP contribution in [0.1, 0.15) is 24.9 Å². The molecule has 0 bridgehead atoms. The fourth-order valence-corrected chi connectivity index (χ4v) is 1.72. The van der Waals surface area contributed by atoms with E-state index >= 15 is 0 Å². The molecule has 0 heterocycles. The third-order valence-corrected chi connectivity index (χ3v) is 2.60. The highest BCUT2D eigenvalue weighted by molar-refractivity contribution is 6.30. The van der Waals surface area contributed by atoms with Crippen molar-refractivity contribution in [3.63, 3.8) is 0 Å². The summed E-state index contributed by atoms with van der Waals surface area (Å²) in [5.74, 6) is 0. The lowest BCUT2D eigenvalue weighted by atomic mass is 10.1. The third-order valence-electron chi connectivity index (χ3n) is 2.36. The van der Waals surface area contributed by atoms with Crippen molar-refractivity contribution in [2.75, 3.05) is 13.2 Å². The van der Waals surface area contributed by atoms with Crippen molar-refractivity contribution in [1.82, 2.24) is 10.6 Å². The Balaban J connectivity index is 2.62. The second kappa shape index (κ2) is 7.14. The Morgan fingerprint density at radius 2 is 2.29 bits per heavy atom. The number of urea groups is 1. The lowest BCUT2D eigenvalue weighted by Crippen LogP contribution is -2.39. The molecule has 1 unspecified atom stereocenters. The third kappa shape index (κ3) is 4.63. The number of halogens is 1. The van der Waals surface area contributed by atoms with Gasteiger partial charge in [0.1, 0.15) is 0 Å². The van der Waals surface area contributed by atoms with Crippen molar-refractivity contribution in [2.24, 2.45) is 0 Å². The zero-order chi connectivity index (χ0) is 12.7. The van der Waals surface area contributed by atoms with E-state index in [1.165, 1.54) is 0 Å². The topological polar surface area (TPSA) is 61.4 Å². The summed E-state index contributed by atoms with van der Waals surface area (Å²) in [6.45, 7) is 2.16. The van der Waals surface area contributed by atoms with Crippen molar-refractivity contribution in [3.8, 4) is 0 Å². The van der Waals surface area contributed by atoms with Gasteiger partial charge >= 0.3 is 6.03 Å². The Hall–Kier alpha value is -1.26. The number of benzene rings is 1. The van der Waals surface area contributed by atoms with Crippen molar-refractivity contribution in [3.05, 3.63) is 34.9 Å². The summed E-state index contributed by atoms with van der Waals surface area (Å²) in [6.07, 6.45) is 0.771. The largest absolute Gasteiger partial charge is 0.395 e. The number of carbonyl (C=O) groups is 1. The molecule has 0 fully saturated rings. The Morgan fingerprint density at radius 1 is 1.53 bits per heavy atom. The SMILES string of the molecule is CCC(NC(=O)NCCO)c1cccc(Cl)c1. The van der Waals surface area contributed by atoms with E-state index in [1.54, 1.807) is 6.07 Å². The monoisotopic (exact) mass is 256 g/mol. The summed E-state index contributed by atoms with van der Waals surface area (Å²) >= 11 is 5.90. The van der Waals surface area contributed by atoms with Crippen LogP contribution in [0.2, 0.25) is 5.02 Å². The highest BCUT2D eigenvalue weighted by Crippen LogP contribution is 2.19. The Kier molecular flexibility index (Phi) is 5.80. The van der Waals surface area contributed by atoms with Crippen molar-refractivity contribution in [2.45, 2.75) is 19.4 Å². The second-order valence-corrected chi connectivity index (χ2v) is 4.08. The highest BCUT2D eigenvalue weighted by Gasteiger charge is 2.12. The van der Waals surface area contributed by atoms with Gasteiger partial charge in [0.05, 0.1) is 12.6 Å². The summed E-state index contributed by atoms with van der Waals surface area (Å²) < 4.78 is 0. The van der Waals surface area contributed by atoms with Crippen LogP contribution in [0.25, 0.3) is 0 Å². The van der Waals surface area contributed by atoms with Gasteiger partial charge < -0.3 is 15.7 Å². The van der Waals surface area contributed by atoms with Gasteiger partial charge in [-0.05, 0) is 24.1 Å². The summed E-state index contributed by atoms with van der Waals surface area (Å²) in [4.78, 5) is 11.5. The van der Waals surface area contributed by atoms with Crippen LogP contribution in [0.15, 0.2) is 24.3 Å². The predicted octanol–water partition coefficient (Wildman–Crippen LogP) is 2.08.